The maximum Gasteiger partial charge on any atom is 0.0866 e. The van der Waals surface area contributed by atoms with Crippen molar-refractivity contribution >= 4 is 0 Å². The summed E-state index contributed by atoms with van der Waals surface area (Å²) < 4.78 is 0. The van der Waals surface area contributed by atoms with Crippen molar-refractivity contribution in [2.24, 2.45) is 0 Å². The van der Waals surface area contributed by atoms with Gasteiger partial charge in [-0.15, -0.1) is 0 Å². The summed E-state index contributed by atoms with van der Waals surface area (Å²) in [5.41, 5.74) is 1.23. The van der Waals surface area contributed by atoms with E-state index < -0.39 is 0 Å². The van der Waals surface area contributed by atoms with Gasteiger partial charge in [0.15, 0.2) is 0 Å². The van der Waals surface area contributed by atoms with Crippen molar-refractivity contribution in [3.63, 3.8) is 0 Å². The SMILES string of the molecule is CCN(CC#N)CCc1cccnc1. The molecule has 0 bridgehead atoms. The zero-order chi connectivity index (χ0) is 10.2. The fourth-order valence-electron chi connectivity index (χ4n) is 1.28. The molecule has 1 aromatic rings. The third kappa shape index (κ3) is 3.55. The number of nitrogens with zero attached hydrogens (tertiary/aromatic N) is 3. The van der Waals surface area contributed by atoms with Gasteiger partial charge in [-0.2, -0.15) is 5.26 Å². The minimum absolute atomic E-state index is 0.511. The van der Waals surface area contributed by atoms with E-state index in [4.69, 9.17) is 5.26 Å². The fourth-order valence-corrected chi connectivity index (χ4v) is 1.28. The maximum atomic E-state index is 8.56. The van der Waals surface area contributed by atoms with Gasteiger partial charge < -0.3 is 0 Å². The average Bonchev–Trinajstić information content (AvgIpc) is 2.25. The summed E-state index contributed by atoms with van der Waals surface area (Å²) in [5, 5.41) is 8.56. The van der Waals surface area contributed by atoms with E-state index in [0.717, 1.165) is 19.5 Å². The lowest BCUT2D eigenvalue weighted by Crippen LogP contribution is -2.26. The highest BCUT2D eigenvalue weighted by atomic mass is 15.1. The van der Waals surface area contributed by atoms with Gasteiger partial charge in [0.1, 0.15) is 0 Å². The molecule has 0 spiro atoms. The van der Waals surface area contributed by atoms with Gasteiger partial charge in [-0.3, -0.25) is 9.88 Å². The van der Waals surface area contributed by atoms with Crippen molar-refractivity contribution in [2.75, 3.05) is 19.6 Å². The Morgan fingerprint density at radius 1 is 1.57 bits per heavy atom. The van der Waals surface area contributed by atoms with E-state index in [1.807, 2.05) is 12.3 Å². The summed E-state index contributed by atoms with van der Waals surface area (Å²) in [6.45, 7) is 4.43. The number of nitriles is 1. The van der Waals surface area contributed by atoms with Gasteiger partial charge in [-0.25, -0.2) is 0 Å². The number of hydrogen-bond acceptors (Lipinski definition) is 3. The third-order valence-electron chi connectivity index (χ3n) is 2.18. The molecular formula is C11H15N3. The second kappa shape index (κ2) is 6.11. The van der Waals surface area contributed by atoms with Crippen molar-refractivity contribution in [3.05, 3.63) is 30.1 Å². The van der Waals surface area contributed by atoms with E-state index in [1.165, 1.54) is 5.56 Å². The molecule has 0 aliphatic carbocycles. The summed E-state index contributed by atoms with van der Waals surface area (Å²) >= 11 is 0. The first-order chi connectivity index (χ1) is 6.86. The Labute approximate surface area is 85.0 Å². The smallest absolute Gasteiger partial charge is 0.0866 e. The summed E-state index contributed by atoms with van der Waals surface area (Å²) in [7, 11) is 0. The monoisotopic (exact) mass is 189 g/mol. The molecule has 0 saturated carbocycles. The molecule has 0 radical (unpaired) electrons. The number of rotatable bonds is 5. The van der Waals surface area contributed by atoms with Crippen LogP contribution in [-0.4, -0.2) is 29.5 Å². The highest BCUT2D eigenvalue weighted by Crippen LogP contribution is 1.98. The minimum atomic E-state index is 0.511. The summed E-state index contributed by atoms with van der Waals surface area (Å²) in [5.74, 6) is 0. The molecule has 74 valence electrons. The van der Waals surface area contributed by atoms with E-state index in [9.17, 15) is 0 Å². The topological polar surface area (TPSA) is 39.9 Å². The first-order valence-corrected chi connectivity index (χ1v) is 4.85. The van der Waals surface area contributed by atoms with E-state index in [2.05, 4.69) is 28.9 Å². The van der Waals surface area contributed by atoms with E-state index in [-0.39, 0.29) is 0 Å². The molecule has 1 heterocycles. The largest absolute Gasteiger partial charge is 0.291 e. The molecule has 0 unspecified atom stereocenters. The van der Waals surface area contributed by atoms with Crippen LogP contribution < -0.4 is 0 Å². The summed E-state index contributed by atoms with van der Waals surface area (Å²) in [4.78, 5) is 6.17. The second-order valence-corrected chi connectivity index (χ2v) is 3.14. The Morgan fingerprint density at radius 2 is 2.43 bits per heavy atom. The van der Waals surface area contributed by atoms with Gasteiger partial charge >= 0.3 is 0 Å². The average molecular weight is 189 g/mol. The fraction of sp³-hybridized carbons (Fsp3) is 0.455. The third-order valence-corrected chi connectivity index (χ3v) is 2.18. The molecule has 0 fully saturated rings. The highest BCUT2D eigenvalue weighted by molar-refractivity contribution is 5.08. The molecule has 1 rings (SSSR count). The van der Waals surface area contributed by atoms with Crippen molar-refractivity contribution < 1.29 is 0 Å². The molecule has 14 heavy (non-hydrogen) atoms. The number of aromatic nitrogens is 1. The molecule has 0 N–H and O–H groups in total. The lowest BCUT2D eigenvalue weighted by atomic mass is 10.2. The molecular weight excluding hydrogens is 174 g/mol. The van der Waals surface area contributed by atoms with Gasteiger partial charge in [-0.1, -0.05) is 13.0 Å². The maximum absolute atomic E-state index is 8.56. The van der Waals surface area contributed by atoms with Crippen LogP contribution in [0, 0.1) is 11.3 Å². The zero-order valence-corrected chi connectivity index (χ0v) is 8.48. The zero-order valence-electron chi connectivity index (χ0n) is 8.48. The van der Waals surface area contributed by atoms with Gasteiger partial charge in [0.2, 0.25) is 0 Å². The van der Waals surface area contributed by atoms with Crippen molar-refractivity contribution in [2.45, 2.75) is 13.3 Å². The molecule has 0 saturated heterocycles. The Kier molecular flexibility index (Phi) is 4.66. The first kappa shape index (κ1) is 10.7. The van der Waals surface area contributed by atoms with Crippen LogP contribution in [0.3, 0.4) is 0 Å². The molecule has 3 nitrogen and oxygen atoms in total. The van der Waals surface area contributed by atoms with Crippen LogP contribution in [0.15, 0.2) is 24.5 Å². The molecule has 0 aromatic carbocycles. The predicted octanol–water partition coefficient (Wildman–Crippen LogP) is 1.47. The lowest BCUT2D eigenvalue weighted by molar-refractivity contribution is 0.327. The predicted molar refractivity (Wildman–Crippen MR) is 55.7 cm³/mol. The van der Waals surface area contributed by atoms with Crippen LogP contribution in [0.5, 0.6) is 0 Å². The van der Waals surface area contributed by atoms with E-state index >= 15 is 0 Å². The summed E-state index contributed by atoms with van der Waals surface area (Å²) in [6.07, 6.45) is 4.61. The van der Waals surface area contributed by atoms with Crippen LogP contribution in [0.25, 0.3) is 0 Å². The van der Waals surface area contributed by atoms with Crippen molar-refractivity contribution in [3.8, 4) is 6.07 Å². The molecule has 0 aliphatic rings. The molecule has 3 heteroatoms. The van der Waals surface area contributed by atoms with Gasteiger partial charge in [0.25, 0.3) is 0 Å². The van der Waals surface area contributed by atoms with Gasteiger partial charge in [-0.05, 0) is 24.6 Å². The first-order valence-electron chi connectivity index (χ1n) is 4.85. The van der Waals surface area contributed by atoms with Gasteiger partial charge in [0.05, 0.1) is 12.6 Å². The quantitative estimate of drug-likeness (QED) is 0.658. The molecule has 0 amide bonds. The lowest BCUT2D eigenvalue weighted by Gasteiger charge is -2.15. The highest BCUT2D eigenvalue weighted by Gasteiger charge is 2.01. The van der Waals surface area contributed by atoms with E-state index in [0.29, 0.717) is 6.54 Å². The number of hydrogen-bond donors (Lipinski definition) is 0. The molecule has 0 aliphatic heterocycles. The minimum Gasteiger partial charge on any atom is -0.291 e. The van der Waals surface area contributed by atoms with Crippen molar-refractivity contribution in [1.29, 1.82) is 5.26 Å². The standard InChI is InChI=1S/C11H15N3/c1-2-14(9-6-12)8-5-11-4-3-7-13-10-11/h3-4,7,10H,2,5,8-9H2,1H3. The number of likely N-dealkylation sites (N-methyl/N-ethyl adjacent to an activating group) is 1. The van der Waals surface area contributed by atoms with Crippen LogP contribution in [0.4, 0.5) is 0 Å². The summed E-state index contributed by atoms with van der Waals surface area (Å²) in [6, 6.07) is 6.17. The van der Waals surface area contributed by atoms with E-state index in [1.54, 1.807) is 6.20 Å². The van der Waals surface area contributed by atoms with Crippen LogP contribution >= 0.6 is 0 Å². The van der Waals surface area contributed by atoms with Gasteiger partial charge in [0, 0.05) is 18.9 Å². The Balaban J connectivity index is 2.36. The second-order valence-electron chi connectivity index (χ2n) is 3.14. The Morgan fingerprint density at radius 3 is 3.00 bits per heavy atom. The normalized spacial score (nSPS) is 10.1. The Bertz CT molecular complexity index is 289. The van der Waals surface area contributed by atoms with Crippen LogP contribution in [0.2, 0.25) is 0 Å². The van der Waals surface area contributed by atoms with Crippen molar-refractivity contribution in [1.82, 2.24) is 9.88 Å². The number of pyridine rings is 1. The molecule has 1 aromatic heterocycles. The Hall–Kier alpha value is -1.40. The van der Waals surface area contributed by atoms with Crippen LogP contribution in [-0.2, 0) is 6.42 Å². The molecule has 0 atom stereocenters. The van der Waals surface area contributed by atoms with Crippen LogP contribution in [0.1, 0.15) is 12.5 Å².